The molecule has 2 unspecified atom stereocenters. The van der Waals surface area contributed by atoms with Crippen LogP contribution in [0.5, 0.6) is 0 Å². The molecule has 0 aliphatic carbocycles. The maximum atomic E-state index is 4.10. The molecule has 1 saturated heterocycles. The molecule has 78 valence electrons. The molecule has 1 fully saturated rings. The van der Waals surface area contributed by atoms with Crippen LogP contribution >= 0.6 is 23.1 Å². The minimum absolute atomic E-state index is 0.462. The largest absolute Gasteiger partial charge is 0.308 e. The van der Waals surface area contributed by atoms with Crippen molar-refractivity contribution in [1.29, 1.82) is 0 Å². The molecule has 1 aromatic rings. The Hall–Kier alpha value is -0.0600. The van der Waals surface area contributed by atoms with E-state index in [2.05, 4.69) is 29.0 Å². The predicted molar refractivity (Wildman–Crippen MR) is 64.0 cm³/mol. The Labute approximate surface area is 93.5 Å². The molecule has 0 amide bonds. The smallest absolute Gasteiger partial charge is 0.0794 e. The monoisotopic (exact) mass is 228 g/mol. The summed E-state index contributed by atoms with van der Waals surface area (Å²) in [6.45, 7) is 3.36. The van der Waals surface area contributed by atoms with Crippen LogP contribution in [0.25, 0.3) is 0 Å². The summed E-state index contributed by atoms with van der Waals surface area (Å²) in [5, 5.41) is 4.41. The number of hydrogen-bond acceptors (Lipinski definition) is 4. The van der Waals surface area contributed by atoms with Gasteiger partial charge in [0.15, 0.2) is 0 Å². The van der Waals surface area contributed by atoms with Crippen LogP contribution in [0.15, 0.2) is 11.7 Å². The second kappa shape index (κ2) is 5.14. The minimum Gasteiger partial charge on any atom is -0.308 e. The lowest BCUT2D eigenvalue weighted by molar-refractivity contribution is 0.565. The van der Waals surface area contributed by atoms with Crippen molar-refractivity contribution in [3.05, 3.63) is 16.6 Å². The number of hydrogen-bond donors (Lipinski definition) is 1. The first-order chi connectivity index (χ1) is 6.86. The molecule has 2 nitrogen and oxygen atoms in total. The Kier molecular flexibility index (Phi) is 3.84. The fraction of sp³-hybridized carbons (Fsp3) is 0.700. The summed E-state index contributed by atoms with van der Waals surface area (Å²) in [6.07, 6.45) is 4.74. The molecule has 0 saturated carbocycles. The zero-order valence-electron chi connectivity index (χ0n) is 8.40. The molecule has 0 radical (unpaired) electrons. The van der Waals surface area contributed by atoms with Crippen molar-refractivity contribution in [1.82, 2.24) is 10.3 Å². The first-order valence-electron chi connectivity index (χ1n) is 5.09. The Balaban J connectivity index is 1.74. The molecule has 2 atom stereocenters. The maximum Gasteiger partial charge on any atom is 0.0794 e. The van der Waals surface area contributed by atoms with Gasteiger partial charge >= 0.3 is 0 Å². The molecule has 14 heavy (non-hydrogen) atoms. The number of rotatable bonds is 4. The van der Waals surface area contributed by atoms with Gasteiger partial charge in [0.25, 0.3) is 0 Å². The summed E-state index contributed by atoms with van der Waals surface area (Å²) in [5.74, 6) is 1.35. The number of nitrogens with zero attached hydrogens (tertiary/aromatic N) is 1. The van der Waals surface area contributed by atoms with Crippen LogP contribution in [0.4, 0.5) is 0 Å². The first-order valence-corrected chi connectivity index (χ1v) is 7.02. The molecule has 1 aliphatic heterocycles. The molecule has 2 heterocycles. The van der Waals surface area contributed by atoms with E-state index in [1.807, 2.05) is 11.7 Å². The molecule has 2 rings (SSSR count). The van der Waals surface area contributed by atoms with Crippen molar-refractivity contribution in [2.75, 3.05) is 12.3 Å². The molecule has 1 aliphatic rings. The van der Waals surface area contributed by atoms with Crippen LogP contribution in [0, 0.1) is 0 Å². The summed E-state index contributed by atoms with van der Waals surface area (Å²) in [5.41, 5.74) is 1.90. The highest BCUT2D eigenvalue weighted by Crippen LogP contribution is 2.26. The van der Waals surface area contributed by atoms with Gasteiger partial charge < -0.3 is 5.32 Å². The summed E-state index contributed by atoms with van der Waals surface area (Å²) in [7, 11) is 0. The van der Waals surface area contributed by atoms with E-state index in [0.717, 1.165) is 11.8 Å². The molecule has 0 bridgehead atoms. The van der Waals surface area contributed by atoms with Crippen molar-refractivity contribution >= 4 is 23.1 Å². The van der Waals surface area contributed by atoms with Gasteiger partial charge in [0.05, 0.1) is 5.51 Å². The van der Waals surface area contributed by atoms with Crippen LogP contribution in [0.3, 0.4) is 0 Å². The number of nitrogens with one attached hydrogen (secondary N) is 1. The SMILES string of the molecule is CC(NCC1CCCS1)c1cncs1. The summed E-state index contributed by atoms with van der Waals surface area (Å²) >= 11 is 3.84. The van der Waals surface area contributed by atoms with Gasteiger partial charge in [0.1, 0.15) is 0 Å². The Morgan fingerprint density at radius 3 is 3.29 bits per heavy atom. The van der Waals surface area contributed by atoms with Crippen LogP contribution < -0.4 is 5.32 Å². The molecule has 0 aromatic carbocycles. The van der Waals surface area contributed by atoms with E-state index >= 15 is 0 Å². The Bertz CT molecular complexity index is 255. The maximum absolute atomic E-state index is 4.10. The van der Waals surface area contributed by atoms with Crippen LogP contribution in [0.1, 0.15) is 30.7 Å². The standard InChI is InChI=1S/C10H16N2S2/c1-8(10-6-11-7-14-10)12-5-9-3-2-4-13-9/h6-9,12H,2-5H2,1H3. The van der Waals surface area contributed by atoms with E-state index in [9.17, 15) is 0 Å². The zero-order valence-corrected chi connectivity index (χ0v) is 10.0. The molecule has 1 aromatic heterocycles. The molecule has 0 spiro atoms. The van der Waals surface area contributed by atoms with Gasteiger partial charge in [0.2, 0.25) is 0 Å². The van der Waals surface area contributed by atoms with E-state index in [-0.39, 0.29) is 0 Å². The fourth-order valence-corrected chi connectivity index (χ4v) is 3.52. The quantitative estimate of drug-likeness (QED) is 0.857. The molecular weight excluding hydrogens is 212 g/mol. The van der Waals surface area contributed by atoms with Crippen molar-refractivity contribution in [2.24, 2.45) is 0 Å². The van der Waals surface area contributed by atoms with E-state index in [0.29, 0.717) is 6.04 Å². The number of thioether (sulfide) groups is 1. The van der Waals surface area contributed by atoms with E-state index in [1.54, 1.807) is 11.3 Å². The van der Waals surface area contributed by atoms with Crippen molar-refractivity contribution in [3.8, 4) is 0 Å². The third-order valence-electron chi connectivity index (χ3n) is 2.55. The van der Waals surface area contributed by atoms with Gasteiger partial charge in [-0.2, -0.15) is 11.8 Å². The van der Waals surface area contributed by atoms with Gasteiger partial charge in [-0.15, -0.1) is 11.3 Å². The average Bonchev–Trinajstić information content (AvgIpc) is 2.87. The lowest BCUT2D eigenvalue weighted by Crippen LogP contribution is -2.25. The van der Waals surface area contributed by atoms with E-state index in [4.69, 9.17) is 0 Å². The Morgan fingerprint density at radius 1 is 1.71 bits per heavy atom. The summed E-state index contributed by atoms with van der Waals surface area (Å²) < 4.78 is 0. The minimum atomic E-state index is 0.462. The third-order valence-corrected chi connectivity index (χ3v) is 4.91. The summed E-state index contributed by atoms with van der Waals surface area (Å²) in [6, 6.07) is 0.462. The summed E-state index contributed by atoms with van der Waals surface area (Å²) in [4.78, 5) is 5.44. The van der Waals surface area contributed by atoms with E-state index < -0.39 is 0 Å². The van der Waals surface area contributed by atoms with Crippen molar-refractivity contribution < 1.29 is 0 Å². The van der Waals surface area contributed by atoms with Crippen molar-refractivity contribution in [3.63, 3.8) is 0 Å². The lowest BCUT2D eigenvalue weighted by Gasteiger charge is -2.14. The molecular formula is C10H16N2S2. The second-order valence-corrected chi connectivity index (χ2v) is 5.99. The fourth-order valence-electron chi connectivity index (χ4n) is 1.65. The zero-order chi connectivity index (χ0) is 9.80. The molecule has 1 N–H and O–H groups in total. The van der Waals surface area contributed by atoms with Crippen LogP contribution in [0.2, 0.25) is 0 Å². The normalized spacial score (nSPS) is 23.9. The van der Waals surface area contributed by atoms with Gasteiger partial charge in [-0.05, 0) is 25.5 Å². The van der Waals surface area contributed by atoms with Crippen molar-refractivity contribution in [2.45, 2.75) is 31.1 Å². The van der Waals surface area contributed by atoms with Gasteiger partial charge in [-0.3, -0.25) is 4.98 Å². The highest BCUT2D eigenvalue weighted by atomic mass is 32.2. The Morgan fingerprint density at radius 2 is 2.64 bits per heavy atom. The first kappa shape index (κ1) is 10.5. The van der Waals surface area contributed by atoms with E-state index in [1.165, 1.54) is 23.5 Å². The van der Waals surface area contributed by atoms with Gasteiger partial charge in [-0.1, -0.05) is 0 Å². The highest BCUT2D eigenvalue weighted by molar-refractivity contribution is 8.00. The average molecular weight is 228 g/mol. The number of thiazole rings is 1. The predicted octanol–water partition coefficient (Wildman–Crippen LogP) is 2.69. The van der Waals surface area contributed by atoms with Gasteiger partial charge in [0, 0.05) is 28.9 Å². The van der Waals surface area contributed by atoms with Crippen LogP contribution in [-0.4, -0.2) is 22.5 Å². The topological polar surface area (TPSA) is 24.9 Å². The van der Waals surface area contributed by atoms with Crippen LogP contribution in [-0.2, 0) is 0 Å². The molecule has 4 heteroatoms. The third kappa shape index (κ3) is 2.72. The van der Waals surface area contributed by atoms with Gasteiger partial charge in [-0.25, -0.2) is 0 Å². The lowest BCUT2D eigenvalue weighted by atomic mass is 10.2. The highest BCUT2D eigenvalue weighted by Gasteiger charge is 2.16. The number of aromatic nitrogens is 1. The second-order valence-electron chi connectivity index (χ2n) is 3.67.